The number of hydrogen-bond acceptors (Lipinski definition) is 4. The van der Waals surface area contributed by atoms with Gasteiger partial charge in [-0.2, -0.15) is 5.26 Å². The second-order valence-electron chi connectivity index (χ2n) is 4.27. The van der Waals surface area contributed by atoms with E-state index in [1.54, 1.807) is 30.3 Å². The summed E-state index contributed by atoms with van der Waals surface area (Å²) in [6, 6.07) is 14.5. The molecule has 0 aliphatic carbocycles. The number of nitrogens with zero attached hydrogens (tertiary/aromatic N) is 1. The molecule has 0 aliphatic rings. The highest BCUT2D eigenvalue weighted by atomic mass is 19.1. The van der Waals surface area contributed by atoms with Gasteiger partial charge in [0.2, 0.25) is 0 Å². The van der Waals surface area contributed by atoms with Crippen LogP contribution >= 0.6 is 0 Å². The van der Waals surface area contributed by atoms with Crippen molar-refractivity contribution in [3.05, 3.63) is 65.5 Å². The number of carbonyl (C=O) groups is 1. The molecule has 2 aromatic rings. The molecule has 0 amide bonds. The summed E-state index contributed by atoms with van der Waals surface area (Å²) >= 11 is 0. The minimum atomic E-state index is -0.752. The molecule has 0 saturated heterocycles. The minimum absolute atomic E-state index is 0.00195. The number of rotatable bonds is 4. The highest BCUT2D eigenvalue weighted by Gasteiger charge is 2.10. The fraction of sp³-hybridized carbons (Fsp3) is 0.0588. The summed E-state index contributed by atoms with van der Waals surface area (Å²) in [5.74, 6) is -0.812. The second kappa shape index (κ2) is 7.04. The van der Waals surface area contributed by atoms with E-state index >= 15 is 0 Å². The number of halogens is 1. The summed E-state index contributed by atoms with van der Waals surface area (Å²) in [4.78, 5) is 11.4. The Kier molecular flexibility index (Phi) is 4.89. The number of ether oxygens (including phenoxy) is 2. The monoisotopic (exact) mass is 297 g/mol. The zero-order valence-corrected chi connectivity index (χ0v) is 11.7. The molecule has 2 rings (SSSR count). The van der Waals surface area contributed by atoms with Gasteiger partial charge in [-0.15, -0.1) is 0 Å². The lowest BCUT2D eigenvalue weighted by atomic mass is 10.1. The molecule has 0 N–H and O–H groups in total. The molecule has 2 aromatic carbocycles. The molecule has 0 aliphatic heterocycles. The quantitative estimate of drug-likeness (QED) is 0.490. The Hall–Kier alpha value is -3.13. The van der Waals surface area contributed by atoms with E-state index in [0.29, 0.717) is 11.3 Å². The predicted octanol–water partition coefficient (Wildman–Crippen LogP) is 3.70. The largest absolute Gasteiger partial charge is 0.465 e. The third kappa shape index (κ3) is 3.70. The van der Waals surface area contributed by atoms with Crippen molar-refractivity contribution in [1.82, 2.24) is 0 Å². The molecule has 5 heteroatoms. The maximum absolute atomic E-state index is 13.8. The van der Waals surface area contributed by atoms with Crippen molar-refractivity contribution < 1.29 is 18.7 Å². The van der Waals surface area contributed by atoms with Crippen molar-refractivity contribution >= 4 is 12.0 Å². The van der Waals surface area contributed by atoms with Crippen LogP contribution < -0.4 is 4.74 Å². The Morgan fingerprint density at radius 3 is 2.59 bits per heavy atom. The molecule has 0 bridgehead atoms. The van der Waals surface area contributed by atoms with Gasteiger partial charge in [-0.3, -0.25) is 0 Å². The zero-order chi connectivity index (χ0) is 15.9. The van der Waals surface area contributed by atoms with Gasteiger partial charge in [0.15, 0.2) is 11.6 Å². The van der Waals surface area contributed by atoms with Crippen LogP contribution in [0.5, 0.6) is 11.5 Å². The van der Waals surface area contributed by atoms with Gasteiger partial charge in [0.05, 0.1) is 7.11 Å². The first-order valence-electron chi connectivity index (χ1n) is 6.36. The summed E-state index contributed by atoms with van der Waals surface area (Å²) in [7, 11) is 1.18. The number of esters is 1. The Morgan fingerprint density at radius 2 is 1.95 bits per heavy atom. The number of para-hydroxylation sites is 1. The molecule has 0 aromatic heterocycles. The van der Waals surface area contributed by atoms with E-state index < -0.39 is 11.8 Å². The number of benzene rings is 2. The Balaban J connectivity index is 2.33. The number of nitriles is 1. The molecule has 0 saturated carbocycles. The number of hydrogen-bond donors (Lipinski definition) is 0. The van der Waals surface area contributed by atoms with E-state index in [0.717, 1.165) is 0 Å². The van der Waals surface area contributed by atoms with Crippen LogP contribution in [0.4, 0.5) is 4.39 Å². The number of carbonyl (C=O) groups excluding carboxylic acids is 1. The first-order chi connectivity index (χ1) is 10.6. The smallest absolute Gasteiger partial charge is 0.348 e. The van der Waals surface area contributed by atoms with Gasteiger partial charge in [0.25, 0.3) is 0 Å². The lowest BCUT2D eigenvalue weighted by molar-refractivity contribution is -0.135. The lowest BCUT2D eigenvalue weighted by Gasteiger charge is -2.07. The van der Waals surface area contributed by atoms with Crippen molar-refractivity contribution in [2.75, 3.05) is 7.11 Å². The normalized spacial score (nSPS) is 10.7. The van der Waals surface area contributed by atoms with E-state index in [1.165, 1.54) is 31.4 Å². The zero-order valence-electron chi connectivity index (χ0n) is 11.7. The highest BCUT2D eigenvalue weighted by Crippen LogP contribution is 2.26. The standard InChI is InChI=1S/C17H12FNO3/c1-21-17(20)13(11-19)9-12-7-8-15(18)16(10-12)22-14-5-3-2-4-6-14/h2-10H,1H3/b13-9+. The van der Waals surface area contributed by atoms with Gasteiger partial charge < -0.3 is 9.47 Å². The van der Waals surface area contributed by atoms with E-state index in [-0.39, 0.29) is 11.3 Å². The fourth-order valence-electron chi connectivity index (χ4n) is 1.72. The first-order valence-corrected chi connectivity index (χ1v) is 6.36. The van der Waals surface area contributed by atoms with Crippen molar-refractivity contribution in [2.45, 2.75) is 0 Å². The molecule has 0 heterocycles. The molecular formula is C17H12FNO3. The third-order valence-corrected chi connectivity index (χ3v) is 2.76. The third-order valence-electron chi connectivity index (χ3n) is 2.76. The van der Waals surface area contributed by atoms with Crippen molar-refractivity contribution in [2.24, 2.45) is 0 Å². The predicted molar refractivity (Wildman–Crippen MR) is 78.5 cm³/mol. The highest BCUT2D eigenvalue weighted by molar-refractivity contribution is 5.97. The van der Waals surface area contributed by atoms with E-state index in [4.69, 9.17) is 10.00 Å². The van der Waals surface area contributed by atoms with E-state index in [2.05, 4.69) is 4.74 Å². The van der Waals surface area contributed by atoms with Crippen LogP contribution in [0.3, 0.4) is 0 Å². The molecule has 0 atom stereocenters. The van der Waals surface area contributed by atoms with Crippen molar-refractivity contribution in [1.29, 1.82) is 5.26 Å². The summed E-state index contributed by atoms with van der Waals surface area (Å²) < 4.78 is 23.7. The van der Waals surface area contributed by atoms with Gasteiger partial charge in [-0.05, 0) is 35.9 Å². The molecule has 110 valence electrons. The summed E-state index contributed by atoms with van der Waals surface area (Å²) in [5, 5.41) is 8.92. The van der Waals surface area contributed by atoms with Crippen LogP contribution in [0.2, 0.25) is 0 Å². The van der Waals surface area contributed by atoms with Crippen LogP contribution in [-0.4, -0.2) is 13.1 Å². The Morgan fingerprint density at radius 1 is 1.23 bits per heavy atom. The molecule has 0 radical (unpaired) electrons. The lowest BCUT2D eigenvalue weighted by Crippen LogP contribution is -2.02. The van der Waals surface area contributed by atoms with Crippen LogP contribution in [0.25, 0.3) is 6.08 Å². The molecule has 0 fully saturated rings. The molecular weight excluding hydrogens is 285 g/mol. The van der Waals surface area contributed by atoms with Gasteiger partial charge >= 0.3 is 5.97 Å². The second-order valence-corrected chi connectivity index (χ2v) is 4.27. The van der Waals surface area contributed by atoms with Crippen LogP contribution in [0.1, 0.15) is 5.56 Å². The first kappa shape index (κ1) is 15.3. The van der Waals surface area contributed by atoms with Gasteiger partial charge in [0.1, 0.15) is 17.4 Å². The Labute approximate surface area is 127 Å². The molecule has 4 nitrogen and oxygen atoms in total. The van der Waals surface area contributed by atoms with Gasteiger partial charge in [-0.1, -0.05) is 24.3 Å². The maximum Gasteiger partial charge on any atom is 0.348 e. The van der Waals surface area contributed by atoms with Crippen LogP contribution in [-0.2, 0) is 9.53 Å². The topological polar surface area (TPSA) is 59.3 Å². The molecule has 0 spiro atoms. The van der Waals surface area contributed by atoms with Crippen LogP contribution in [0, 0.1) is 17.1 Å². The average Bonchev–Trinajstić information content (AvgIpc) is 2.55. The average molecular weight is 297 g/mol. The fourth-order valence-corrected chi connectivity index (χ4v) is 1.72. The summed E-state index contributed by atoms with van der Waals surface area (Å²) in [6.07, 6.45) is 1.31. The minimum Gasteiger partial charge on any atom is -0.465 e. The van der Waals surface area contributed by atoms with Crippen molar-refractivity contribution in [3.63, 3.8) is 0 Å². The molecule has 0 unspecified atom stereocenters. The SMILES string of the molecule is COC(=O)/C(C#N)=C/c1ccc(F)c(Oc2ccccc2)c1. The summed E-state index contributed by atoms with van der Waals surface area (Å²) in [5.41, 5.74) is 0.272. The number of methoxy groups -OCH3 is 1. The van der Waals surface area contributed by atoms with Crippen molar-refractivity contribution in [3.8, 4) is 17.6 Å². The van der Waals surface area contributed by atoms with E-state index in [9.17, 15) is 9.18 Å². The van der Waals surface area contributed by atoms with Gasteiger partial charge in [0, 0.05) is 0 Å². The summed E-state index contributed by atoms with van der Waals surface area (Å²) in [6.45, 7) is 0. The maximum atomic E-state index is 13.8. The van der Waals surface area contributed by atoms with Crippen LogP contribution in [0.15, 0.2) is 54.1 Å². The molecule has 22 heavy (non-hydrogen) atoms. The van der Waals surface area contributed by atoms with Gasteiger partial charge in [-0.25, -0.2) is 9.18 Å². The Bertz CT molecular complexity index is 748. The van der Waals surface area contributed by atoms with E-state index in [1.807, 2.05) is 6.07 Å².